The largest absolute Gasteiger partial charge is 0.303 e. The van der Waals surface area contributed by atoms with E-state index >= 15 is 0 Å². The van der Waals surface area contributed by atoms with Gasteiger partial charge in [0.2, 0.25) is 0 Å². The smallest absolute Gasteiger partial charge is 0.0575 e. The van der Waals surface area contributed by atoms with Gasteiger partial charge in [-0.2, -0.15) is 0 Å². The van der Waals surface area contributed by atoms with Gasteiger partial charge >= 0.3 is 0 Å². The van der Waals surface area contributed by atoms with E-state index in [1.807, 2.05) is 0 Å². The number of nitrogens with one attached hydrogen (secondary N) is 1. The van der Waals surface area contributed by atoms with Gasteiger partial charge in [-0.05, 0) is 32.5 Å². The van der Waals surface area contributed by atoms with Crippen molar-refractivity contribution in [3.63, 3.8) is 0 Å². The van der Waals surface area contributed by atoms with Gasteiger partial charge in [0.25, 0.3) is 0 Å². The molecular weight excluding hydrogens is 148 g/mol. The predicted molar refractivity (Wildman–Crippen MR) is 52.0 cm³/mol. The van der Waals surface area contributed by atoms with E-state index < -0.39 is 0 Å². The van der Waals surface area contributed by atoms with Crippen LogP contribution in [0.4, 0.5) is 0 Å². The molecule has 1 heterocycles. The van der Waals surface area contributed by atoms with Gasteiger partial charge in [0, 0.05) is 6.04 Å². The van der Waals surface area contributed by atoms with Crippen LogP contribution >= 0.6 is 0 Å². The fourth-order valence-electron chi connectivity index (χ4n) is 1.66. The quantitative estimate of drug-likeness (QED) is 0.621. The summed E-state index contributed by atoms with van der Waals surface area (Å²) in [6, 6.07) is 0.656. The van der Waals surface area contributed by atoms with Crippen molar-refractivity contribution in [3.8, 4) is 12.3 Å². The summed E-state index contributed by atoms with van der Waals surface area (Å²) in [6.45, 7) is 6.56. The number of nitrogens with zero attached hydrogens (tertiary/aromatic N) is 1. The SMILES string of the molecule is C#CCNC1CCN(CC)CC1. The van der Waals surface area contributed by atoms with E-state index in [0.29, 0.717) is 6.04 Å². The minimum Gasteiger partial charge on any atom is -0.303 e. The maximum absolute atomic E-state index is 5.18. The normalized spacial score (nSPS) is 20.7. The van der Waals surface area contributed by atoms with Crippen molar-refractivity contribution in [2.24, 2.45) is 0 Å². The lowest BCUT2D eigenvalue weighted by atomic mass is 10.1. The number of piperidine rings is 1. The van der Waals surface area contributed by atoms with E-state index in [1.165, 1.54) is 32.5 Å². The Balaban J connectivity index is 2.14. The second kappa shape index (κ2) is 5.18. The van der Waals surface area contributed by atoms with Gasteiger partial charge in [-0.25, -0.2) is 0 Å². The van der Waals surface area contributed by atoms with Crippen LogP contribution in [-0.4, -0.2) is 37.1 Å². The van der Waals surface area contributed by atoms with Crippen molar-refractivity contribution >= 4 is 0 Å². The summed E-state index contributed by atoms with van der Waals surface area (Å²) in [5, 5.41) is 3.35. The maximum Gasteiger partial charge on any atom is 0.0575 e. The molecule has 0 aromatic heterocycles. The Hall–Kier alpha value is -0.520. The topological polar surface area (TPSA) is 15.3 Å². The Morgan fingerprint density at radius 3 is 2.67 bits per heavy atom. The Bertz CT molecular complexity index is 152. The van der Waals surface area contributed by atoms with E-state index in [0.717, 1.165) is 6.54 Å². The second-order valence-corrected chi connectivity index (χ2v) is 3.29. The monoisotopic (exact) mass is 166 g/mol. The molecule has 2 nitrogen and oxygen atoms in total. The van der Waals surface area contributed by atoms with Gasteiger partial charge in [0.15, 0.2) is 0 Å². The molecule has 0 aromatic rings. The van der Waals surface area contributed by atoms with Crippen LogP contribution in [0.3, 0.4) is 0 Å². The summed E-state index contributed by atoms with van der Waals surface area (Å²) < 4.78 is 0. The molecule has 0 spiro atoms. The summed E-state index contributed by atoms with van der Waals surface area (Å²) in [5.74, 6) is 2.62. The van der Waals surface area contributed by atoms with Crippen LogP contribution in [0.15, 0.2) is 0 Å². The molecule has 0 unspecified atom stereocenters. The standard InChI is InChI=1S/C10H18N2/c1-3-7-11-10-5-8-12(4-2)9-6-10/h1,10-11H,4-9H2,2H3. The molecule has 0 atom stereocenters. The number of hydrogen-bond acceptors (Lipinski definition) is 2. The van der Waals surface area contributed by atoms with Crippen LogP contribution in [0.25, 0.3) is 0 Å². The van der Waals surface area contributed by atoms with Crippen LogP contribution in [0.2, 0.25) is 0 Å². The molecule has 0 saturated carbocycles. The summed E-state index contributed by atoms with van der Waals surface area (Å²) in [6.07, 6.45) is 7.67. The van der Waals surface area contributed by atoms with Gasteiger partial charge in [0.05, 0.1) is 6.54 Å². The molecule has 12 heavy (non-hydrogen) atoms. The maximum atomic E-state index is 5.18. The van der Waals surface area contributed by atoms with E-state index in [4.69, 9.17) is 6.42 Å². The third kappa shape index (κ3) is 2.84. The van der Waals surface area contributed by atoms with Crippen molar-refractivity contribution in [1.82, 2.24) is 10.2 Å². The van der Waals surface area contributed by atoms with Crippen LogP contribution in [0.5, 0.6) is 0 Å². The first kappa shape index (κ1) is 9.57. The van der Waals surface area contributed by atoms with Crippen LogP contribution in [0, 0.1) is 12.3 Å². The van der Waals surface area contributed by atoms with Gasteiger partial charge in [0.1, 0.15) is 0 Å². The third-order valence-corrected chi connectivity index (χ3v) is 2.53. The van der Waals surface area contributed by atoms with Crippen molar-refractivity contribution in [1.29, 1.82) is 0 Å². The molecular formula is C10H18N2. The Morgan fingerprint density at radius 2 is 2.17 bits per heavy atom. The van der Waals surface area contributed by atoms with Gasteiger partial charge < -0.3 is 10.2 Å². The van der Waals surface area contributed by atoms with Crippen LogP contribution in [-0.2, 0) is 0 Å². The lowest BCUT2D eigenvalue weighted by Gasteiger charge is -2.31. The average Bonchev–Trinajstić information content (AvgIpc) is 2.15. The Kier molecular flexibility index (Phi) is 4.13. The lowest BCUT2D eigenvalue weighted by Crippen LogP contribution is -2.42. The molecule has 0 amide bonds. The van der Waals surface area contributed by atoms with E-state index in [2.05, 4.69) is 23.1 Å². The minimum atomic E-state index is 0.656. The van der Waals surface area contributed by atoms with Gasteiger partial charge in [-0.1, -0.05) is 12.8 Å². The average molecular weight is 166 g/mol. The van der Waals surface area contributed by atoms with E-state index in [-0.39, 0.29) is 0 Å². The number of likely N-dealkylation sites (tertiary alicyclic amines) is 1. The molecule has 2 heteroatoms. The van der Waals surface area contributed by atoms with Crippen LogP contribution in [0.1, 0.15) is 19.8 Å². The summed E-state index contributed by atoms with van der Waals surface area (Å²) in [4.78, 5) is 2.48. The number of hydrogen-bond donors (Lipinski definition) is 1. The molecule has 1 fully saturated rings. The van der Waals surface area contributed by atoms with Crippen LogP contribution < -0.4 is 5.32 Å². The Morgan fingerprint density at radius 1 is 1.50 bits per heavy atom. The molecule has 0 aromatic carbocycles. The fraction of sp³-hybridized carbons (Fsp3) is 0.800. The molecule has 0 radical (unpaired) electrons. The zero-order chi connectivity index (χ0) is 8.81. The van der Waals surface area contributed by atoms with E-state index in [9.17, 15) is 0 Å². The number of rotatable bonds is 3. The third-order valence-electron chi connectivity index (χ3n) is 2.53. The highest BCUT2D eigenvalue weighted by Crippen LogP contribution is 2.08. The molecule has 0 bridgehead atoms. The van der Waals surface area contributed by atoms with E-state index in [1.54, 1.807) is 0 Å². The first-order chi connectivity index (χ1) is 5.86. The molecule has 0 aliphatic carbocycles. The molecule has 1 aliphatic heterocycles. The van der Waals surface area contributed by atoms with Crippen molar-refractivity contribution in [3.05, 3.63) is 0 Å². The summed E-state index contributed by atoms with van der Waals surface area (Å²) in [7, 11) is 0. The predicted octanol–water partition coefficient (Wildman–Crippen LogP) is 0.694. The highest BCUT2D eigenvalue weighted by Gasteiger charge is 2.16. The van der Waals surface area contributed by atoms with Crippen molar-refractivity contribution < 1.29 is 0 Å². The first-order valence-electron chi connectivity index (χ1n) is 4.76. The second-order valence-electron chi connectivity index (χ2n) is 3.29. The zero-order valence-corrected chi connectivity index (χ0v) is 7.84. The fourth-order valence-corrected chi connectivity index (χ4v) is 1.66. The molecule has 1 N–H and O–H groups in total. The molecule has 1 rings (SSSR count). The molecule has 1 aliphatic rings. The molecule has 68 valence electrons. The first-order valence-corrected chi connectivity index (χ1v) is 4.76. The highest BCUT2D eigenvalue weighted by molar-refractivity contribution is 4.89. The molecule has 1 saturated heterocycles. The highest BCUT2D eigenvalue weighted by atomic mass is 15.1. The summed E-state index contributed by atoms with van der Waals surface area (Å²) in [5.41, 5.74) is 0. The minimum absolute atomic E-state index is 0.656. The Labute approximate surface area is 75.3 Å². The van der Waals surface area contributed by atoms with Crippen molar-refractivity contribution in [2.45, 2.75) is 25.8 Å². The van der Waals surface area contributed by atoms with Gasteiger partial charge in [-0.15, -0.1) is 6.42 Å². The summed E-state index contributed by atoms with van der Waals surface area (Å²) >= 11 is 0. The van der Waals surface area contributed by atoms with Crippen molar-refractivity contribution in [2.75, 3.05) is 26.2 Å². The zero-order valence-electron chi connectivity index (χ0n) is 7.84. The van der Waals surface area contributed by atoms with Gasteiger partial charge in [-0.3, -0.25) is 0 Å². The lowest BCUT2D eigenvalue weighted by molar-refractivity contribution is 0.209. The number of terminal acetylenes is 1.